The van der Waals surface area contributed by atoms with Gasteiger partial charge in [-0.3, -0.25) is 0 Å². The number of aromatic nitrogens is 2. The van der Waals surface area contributed by atoms with E-state index < -0.39 is 0 Å². The number of H-pyrrole nitrogens is 1. The second kappa shape index (κ2) is 5.33. The Kier molecular flexibility index (Phi) is 3.76. The lowest BCUT2D eigenvalue weighted by molar-refractivity contribution is 1.04. The third kappa shape index (κ3) is 2.88. The molecule has 1 heterocycles. The standard InChI is InChI=1S/C15H15N3.ClH/c1-10-2-7-13-14(8-10)18-15(17-13)9-11-3-5-12(16)6-4-11;/h2-8H,9,16H2,1H3,(H,17,18);1H. The van der Waals surface area contributed by atoms with E-state index in [9.17, 15) is 0 Å². The normalized spacial score (nSPS) is 10.4. The minimum atomic E-state index is 0. The van der Waals surface area contributed by atoms with Crippen LogP contribution in [0.5, 0.6) is 0 Å². The molecule has 3 nitrogen and oxygen atoms in total. The maximum absolute atomic E-state index is 5.67. The van der Waals surface area contributed by atoms with E-state index >= 15 is 0 Å². The van der Waals surface area contributed by atoms with Gasteiger partial charge in [0.25, 0.3) is 0 Å². The van der Waals surface area contributed by atoms with E-state index in [1.807, 2.05) is 30.3 Å². The number of halogens is 1. The molecule has 98 valence electrons. The molecule has 0 spiro atoms. The average Bonchev–Trinajstić information content (AvgIpc) is 2.73. The number of aryl methyl sites for hydroxylation is 1. The molecule has 0 saturated carbocycles. The number of nitrogens with zero attached hydrogens (tertiary/aromatic N) is 1. The van der Waals surface area contributed by atoms with Crippen LogP contribution in [0.2, 0.25) is 0 Å². The molecule has 0 fully saturated rings. The molecule has 3 rings (SSSR count). The van der Waals surface area contributed by atoms with E-state index in [1.54, 1.807) is 0 Å². The van der Waals surface area contributed by atoms with Crippen molar-refractivity contribution in [3.63, 3.8) is 0 Å². The summed E-state index contributed by atoms with van der Waals surface area (Å²) in [5.41, 5.74) is 11.0. The lowest BCUT2D eigenvalue weighted by Crippen LogP contribution is -1.91. The Bertz CT molecular complexity index is 686. The number of hydrogen-bond acceptors (Lipinski definition) is 2. The van der Waals surface area contributed by atoms with Crippen molar-refractivity contribution in [1.82, 2.24) is 9.97 Å². The second-order valence-corrected chi connectivity index (χ2v) is 4.62. The molecule has 0 aliphatic carbocycles. The molecule has 1 aromatic heterocycles. The van der Waals surface area contributed by atoms with Crippen molar-refractivity contribution in [2.24, 2.45) is 0 Å². The van der Waals surface area contributed by atoms with Crippen LogP contribution in [0.3, 0.4) is 0 Å². The molecule has 4 heteroatoms. The van der Waals surface area contributed by atoms with Crippen LogP contribution in [0.1, 0.15) is 17.0 Å². The van der Waals surface area contributed by atoms with Gasteiger partial charge in [-0.1, -0.05) is 18.2 Å². The molecule has 0 saturated heterocycles. The molecule has 0 atom stereocenters. The van der Waals surface area contributed by atoms with Crippen molar-refractivity contribution < 1.29 is 0 Å². The van der Waals surface area contributed by atoms with E-state index in [2.05, 4.69) is 29.0 Å². The van der Waals surface area contributed by atoms with E-state index in [0.717, 1.165) is 29.0 Å². The number of imidazole rings is 1. The number of nitrogen functional groups attached to an aromatic ring is 1. The fraction of sp³-hybridized carbons (Fsp3) is 0.133. The highest BCUT2D eigenvalue weighted by atomic mass is 35.5. The summed E-state index contributed by atoms with van der Waals surface area (Å²) in [5.74, 6) is 0.986. The number of fused-ring (bicyclic) bond motifs is 1. The van der Waals surface area contributed by atoms with Gasteiger partial charge in [0.05, 0.1) is 11.0 Å². The van der Waals surface area contributed by atoms with Crippen LogP contribution in [0.25, 0.3) is 11.0 Å². The van der Waals surface area contributed by atoms with Crippen LogP contribution in [0, 0.1) is 6.92 Å². The first-order valence-electron chi connectivity index (χ1n) is 6.00. The highest BCUT2D eigenvalue weighted by Gasteiger charge is 2.03. The van der Waals surface area contributed by atoms with Gasteiger partial charge in [-0.15, -0.1) is 12.4 Å². The van der Waals surface area contributed by atoms with Crippen molar-refractivity contribution in [2.75, 3.05) is 5.73 Å². The number of anilines is 1. The molecule has 0 unspecified atom stereocenters. The molecule has 0 amide bonds. The molecule has 3 N–H and O–H groups in total. The van der Waals surface area contributed by atoms with Crippen LogP contribution < -0.4 is 5.73 Å². The van der Waals surface area contributed by atoms with Crippen molar-refractivity contribution >= 4 is 29.1 Å². The predicted molar refractivity (Wildman–Crippen MR) is 81.7 cm³/mol. The molecule has 0 aliphatic heterocycles. The summed E-state index contributed by atoms with van der Waals surface area (Å²) in [6.45, 7) is 2.08. The van der Waals surface area contributed by atoms with Crippen molar-refractivity contribution in [2.45, 2.75) is 13.3 Å². The Morgan fingerprint density at radius 3 is 2.58 bits per heavy atom. The van der Waals surface area contributed by atoms with Gasteiger partial charge < -0.3 is 10.7 Å². The van der Waals surface area contributed by atoms with Crippen molar-refractivity contribution in [1.29, 1.82) is 0 Å². The minimum Gasteiger partial charge on any atom is -0.399 e. The Labute approximate surface area is 118 Å². The van der Waals surface area contributed by atoms with Gasteiger partial charge >= 0.3 is 0 Å². The Balaban J connectivity index is 0.00000133. The second-order valence-electron chi connectivity index (χ2n) is 4.62. The summed E-state index contributed by atoms with van der Waals surface area (Å²) in [6.07, 6.45) is 0.800. The van der Waals surface area contributed by atoms with E-state index in [1.165, 1.54) is 11.1 Å². The zero-order valence-corrected chi connectivity index (χ0v) is 11.5. The fourth-order valence-electron chi connectivity index (χ4n) is 2.09. The Hall–Kier alpha value is -2.00. The molecule has 3 aromatic rings. The Morgan fingerprint density at radius 1 is 1.11 bits per heavy atom. The van der Waals surface area contributed by atoms with Crippen molar-refractivity contribution in [3.05, 3.63) is 59.4 Å². The summed E-state index contributed by atoms with van der Waals surface area (Å²) in [4.78, 5) is 7.94. The van der Waals surface area contributed by atoms with E-state index in [4.69, 9.17) is 5.73 Å². The van der Waals surface area contributed by atoms with Crippen LogP contribution in [-0.4, -0.2) is 9.97 Å². The van der Waals surface area contributed by atoms with Gasteiger partial charge in [-0.25, -0.2) is 4.98 Å². The van der Waals surface area contributed by atoms with Gasteiger partial charge in [0, 0.05) is 12.1 Å². The van der Waals surface area contributed by atoms with E-state index in [0.29, 0.717) is 0 Å². The molecule has 0 radical (unpaired) electrons. The maximum Gasteiger partial charge on any atom is 0.111 e. The molecule has 19 heavy (non-hydrogen) atoms. The predicted octanol–water partition coefficient (Wildman–Crippen LogP) is 3.47. The number of nitrogens with two attached hydrogens (primary N) is 1. The van der Waals surface area contributed by atoms with Gasteiger partial charge in [-0.05, 0) is 42.3 Å². The maximum atomic E-state index is 5.67. The molecular weight excluding hydrogens is 258 g/mol. The number of hydrogen-bond donors (Lipinski definition) is 2. The zero-order valence-electron chi connectivity index (χ0n) is 10.7. The highest BCUT2D eigenvalue weighted by Crippen LogP contribution is 2.16. The molecular formula is C15H16ClN3. The average molecular weight is 274 g/mol. The Morgan fingerprint density at radius 2 is 1.84 bits per heavy atom. The quantitative estimate of drug-likeness (QED) is 0.703. The van der Waals surface area contributed by atoms with Gasteiger partial charge in [0.1, 0.15) is 5.82 Å². The monoisotopic (exact) mass is 273 g/mol. The van der Waals surface area contributed by atoms with Crippen LogP contribution >= 0.6 is 12.4 Å². The highest BCUT2D eigenvalue weighted by molar-refractivity contribution is 5.85. The first-order valence-corrected chi connectivity index (χ1v) is 6.00. The molecule has 0 aliphatic rings. The molecule has 0 bridgehead atoms. The summed E-state index contributed by atoms with van der Waals surface area (Å²) in [7, 11) is 0. The lowest BCUT2D eigenvalue weighted by Gasteiger charge is -1.98. The van der Waals surface area contributed by atoms with Crippen molar-refractivity contribution in [3.8, 4) is 0 Å². The number of nitrogens with one attached hydrogen (secondary N) is 1. The smallest absolute Gasteiger partial charge is 0.111 e. The van der Waals surface area contributed by atoms with Crippen LogP contribution in [-0.2, 0) is 6.42 Å². The van der Waals surface area contributed by atoms with Gasteiger partial charge in [-0.2, -0.15) is 0 Å². The van der Waals surface area contributed by atoms with Gasteiger partial charge in [0.15, 0.2) is 0 Å². The summed E-state index contributed by atoms with van der Waals surface area (Å²) in [6, 6.07) is 14.2. The summed E-state index contributed by atoms with van der Waals surface area (Å²) in [5, 5.41) is 0. The number of rotatable bonds is 2. The SMILES string of the molecule is Cc1ccc2nc(Cc3ccc(N)cc3)[nH]c2c1.Cl. The molecule has 2 aromatic carbocycles. The zero-order chi connectivity index (χ0) is 12.5. The minimum absolute atomic E-state index is 0. The summed E-state index contributed by atoms with van der Waals surface area (Å²) < 4.78 is 0. The third-order valence-corrected chi connectivity index (χ3v) is 3.04. The first kappa shape index (κ1) is 13.4. The van der Waals surface area contributed by atoms with E-state index in [-0.39, 0.29) is 12.4 Å². The van der Waals surface area contributed by atoms with Crippen LogP contribution in [0.4, 0.5) is 5.69 Å². The lowest BCUT2D eigenvalue weighted by atomic mass is 10.1. The van der Waals surface area contributed by atoms with Crippen LogP contribution in [0.15, 0.2) is 42.5 Å². The third-order valence-electron chi connectivity index (χ3n) is 3.04. The first-order chi connectivity index (χ1) is 8.70. The largest absolute Gasteiger partial charge is 0.399 e. The van der Waals surface area contributed by atoms with Gasteiger partial charge in [0.2, 0.25) is 0 Å². The fourth-order valence-corrected chi connectivity index (χ4v) is 2.09. The summed E-state index contributed by atoms with van der Waals surface area (Å²) >= 11 is 0. The topological polar surface area (TPSA) is 54.7 Å². The number of aromatic amines is 1. The number of benzene rings is 2.